The van der Waals surface area contributed by atoms with E-state index in [1.54, 1.807) is 0 Å². The van der Waals surface area contributed by atoms with Crippen LogP contribution in [0.1, 0.15) is 39.0 Å². The third-order valence-electron chi connectivity index (χ3n) is 4.55. The molecule has 0 aliphatic carbocycles. The number of hydrogen-bond acceptors (Lipinski definition) is 3. The van der Waals surface area contributed by atoms with Crippen LogP contribution in [-0.2, 0) is 14.3 Å². The van der Waals surface area contributed by atoms with Crippen LogP contribution in [0.15, 0.2) is 0 Å². The van der Waals surface area contributed by atoms with E-state index >= 15 is 0 Å². The molecule has 3 atom stereocenters. The summed E-state index contributed by atoms with van der Waals surface area (Å²) in [5.41, 5.74) is -0.135. The van der Waals surface area contributed by atoms with Gasteiger partial charge in [-0.3, -0.25) is 9.59 Å². The minimum atomic E-state index is -0.135. The third kappa shape index (κ3) is 1.22. The Bertz CT molecular complexity index is 354. The van der Waals surface area contributed by atoms with Gasteiger partial charge in [0.1, 0.15) is 6.10 Å². The molecule has 3 aliphatic heterocycles. The number of carbonyl (C=O) groups excluding carboxylic acids is 2. The van der Waals surface area contributed by atoms with E-state index in [1.807, 2.05) is 4.90 Å². The zero-order chi connectivity index (χ0) is 11.3. The first kappa shape index (κ1) is 10.1. The summed E-state index contributed by atoms with van der Waals surface area (Å²) in [5, 5.41) is 0. The Morgan fingerprint density at radius 2 is 2.25 bits per heavy atom. The summed E-state index contributed by atoms with van der Waals surface area (Å²) in [4.78, 5) is 25.2. The van der Waals surface area contributed by atoms with E-state index in [0.717, 1.165) is 25.8 Å². The molecule has 88 valence electrons. The number of nitrogens with zero attached hydrogens (tertiary/aromatic N) is 1. The zero-order valence-corrected chi connectivity index (χ0v) is 9.57. The molecule has 4 nitrogen and oxygen atoms in total. The minimum absolute atomic E-state index is 0.0494. The molecular weight excluding hydrogens is 206 g/mol. The predicted octanol–water partition coefficient (Wildman–Crippen LogP) is 1.09. The lowest BCUT2D eigenvalue weighted by Gasteiger charge is -2.38. The average Bonchev–Trinajstić information content (AvgIpc) is 2.70. The van der Waals surface area contributed by atoms with Crippen molar-refractivity contribution in [3.05, 3.63) is 0 Å². The molecule has 0 bridgehead atoms. The summed E-state index contributed by atoms with van der Waals surface area (Å²) in [5.74, 6) is 0.383. The Balaban J connectivity index is 1.97. The second-order valence-corrected chi connectivity index (χ2v) is 5.38. The summed E-state index contributed by atoms with van der Waals surface area (Å²) in [7, 11) is 0. The van der Waals surface area contributed by atoms with Gasteiger partial charge in [-0.2, -0.15) is 0 Å². The van der Waals surface area contributed by atoms with Gasteiger partial charge in [0, 0.05) is 24.4 Å². The predicted molar refractivity (Wildman–Crippen MR) is 56.6 cm³/mol. The van der Waals surface area contributed by atoms with Crippen molar-refractivity contribution in [2.45, 2.75) is 50.7 Å². The van der Waals surface area contributed by atoms with Crippen LogP contribution in [0.4, 0.5) is 0 Å². The number of rotatable bonds is 0. The summed E-state index contributed by atoms with van der Waals surface area (Å²) in [6, 6.07) is 0. The van der Waals surface area contributed by atoms with Crippen molar-refractivity contribution < 1.29 is 14.3 Å². The largest absolute Gasteiger partial charge is 0.462 e. The van der Waals surface area contributed by atoms with Crippen LogP contribution in [0.3, 0.4) is 0 Å². The second-order valence-electron chi connectivity index (χ2n) is 5.38. The van der Waals surface area contributed by atoms with Crippen LogP contribution < -0.4 is 0 Å². The highest BCUT2D eigenvalue weighted by molar-refractivity contribution is 5.80. The van der Waals surface area contributed by atoms with E-state index in [1.165, 1.54) is 0 Å². The number of ether oxygens (including phenoxy) is 1. The van der Waals surface area contributed by atoms with Crippen molar-refractivity contribution in [1.82, 2.24) is 4.90 Å². The SMILES string of the molecule is CC12CCC(=O)N1CCCC1OC(=O)CC12. The molecule has 3 fully saturated rings. The van der Waals surface area contributed by atoms with Gasteiger partial charge in [0.2, 0.25) is 5.91 Å². The normalized spacial score (nSPS) is 42.7. The Labute approximate surface area is 94.9 Å². The van der Waals surface area contributed by atoms with Gasteiger partial charge in [0.05, 0.1) is 6.42 Å². The lowest BCUT2D eigenvalue weighted by molar-refractivity contribution is -0.141. The first-order valence-electron chi connectivity index (χ1n) is 6.11. The van der Waals surface area contributed by atoms with Crippen molar-refractivity contribution in [3.8, 4) is 0 Å². The molecule has 3 saturated heterocycles. The van der Waals surface area contributed by atoms with Crippen molar-refractivity contribution in [2.24, 2.45) is 5.92 Å². The summed E-state index contributed by atoms with van der Waals surface area (Å²) < 4.78 is 5.38. The molecule has 3 aliphatic rings. The van der Waals surface area contributed by atoms with Crippen LogP contribution in [0, 0.1) is 5.92 Å². The number of esters is 1. The fraction of sp³-hybridized carbons (Fsp3) is 0.833. The highest BCUT2D eigenvalue weighted by Gasteiger charge is 2.54. The summed E-state index contributed by atoms with van der Waals surface area (Å²) >= 11 is 0. The Kier molecular flexibility index (Phi) is 2.03. The van der Waals surface area contributed by atoms with Gasteiger partial charge in [-0.25, -0.2) is 0 Å². The van der Waals surface area contributed by atoms with E-state index in [-0.39, 0.29) is 29.4 Å². The van der Waals surface area contributed by atoms with E-state index in [2.05, 4.69) is 6.92 Å². The fourth-order valence-corrected chi connectivity index (χ4v) is 3.62. The van der Waals surface area contributed by atoms with Gasteiger partial charge in [-0.1, -0.05) is 0 Å². The fourth-order valence-electron chi connectivity index (χ4n) is 3.62. The molecule has 0 N–H and O–H groups in total. The Morgan fingerprint density at radius 3 is 3.06 bits per heavy atom. The van der Waals surface area contributed by atoms with Crippen LogP contribution in [-0.4, -0.2) is 35.0 Å². The molecule has 16 heavy (non-hydrogen) atoms. The molecule has 0 aromatic carbocycles. The lowest BCUT2D eigenvalue weighted by Crippen LogP contribution is -2.49. The van der Waals surface area contributed by atoms with Crippen molar-refractivity contribution >= 4 is 11.9 Å². The van der Waals surface area contributed by atoms with E-state index < -0.39 is 0 Å². The molecule has 0 aromatic rings. The van der Waals surface area contributed by atoms with Gasteiger partial charge in [0.15, 0.2) is 0 Å². The van der Waals surface area contributed by atoms with Gasteiger partial charge in [-0.05, 0) is 26.2 Å². The number of fused-ring (bicyclic) bond motifs is 3. The maximum absolute atomic E-state index is 11.8. The molecule has 0 aromatic heterocycles. The van der Waals surface area contributed by atoms with Gasteiger partial charge in [0.25, 0.3) is 0 Å². The highest BCUT2D eigenvalue weighted by atomic mass is 16.5. The molecule has 3 rings (SSSR count). The topological polar surface area (TPSA) is 46.6 Å². The molecule has 3 heterocycles. The van der Waals surface area contributed by atoms with E-state index in [0.29, 0.717) is 12.8 Å². The highest BCUT2D eigenvalue weighted by Crippen LogP contribution is 2.46. The molecular formula is C12H17NO3. The number of carbonyl (C=O) groups is 2. The first-order chi connectivity index (χ1) is 7.61. The summed E-state index contributed by atoms with van der Waals surface area (Å²) in [6.07, 6.45) is 3.92. The maximum Gasteiger partial charge on any atom is 0.306 e. The Hall–Kier alpha value is -1.06. The zero-order valence-electron chi connectivity index (χ0n) is 9.57. The maximum atomic E-state index is 11.8. The molecule has 3 unspecified atom stereocenters. The molecule has 0 saturated carbocycles. The van der Waals surface area contributed by atoms with E-state index in [9.17, 15) is 9.59 Å². The van der Waals surface area contributed by atoms with Crippen LogP contribution in [0.25, 0.3) is 0 Å². The van der Waals surface area contributed by atoms with Crippen LogP contribution >= 0.6 is 0 Å². The molecule has 0 spiro atoms. The van der Waals surface area contributed by atoms with Crippen molar-refractivity contribution in [3.63, 3.8) is 0 Å². The quantitative estimate of drug-likeness (QED) is 0.578. The number of amides is 1. The number of hydrogen-bond donors (Lipinski definition) is 0. The second kappa shape index (κ2) is 3.22. The summed E-state index contributed by atoms with van der Waals surface area (Å²) in [6.45, 7) is 2.96. The van der Waals surface area contributed by atoms with Crippen molar-refractivity contribution in [1.29, 1.82) is 0 Å². The Morgan fingerprint density at radius 1 is 1.44 bits per heavy atom. The van der Waals surface area contributed by atoms with Gasteiger partial charge in [-0.15, -0.1) is 0 Å². The first-order valence-corrected chi connectivity index (χ1v) is 6.11. The van der Waals surface area contributed by atoms with Crippen LogP contribution in [0.2, 0.25) is 0 Å². The minimum Gasteiger partial charge on any atom is -0.462 e. The molecule has 0 radical (unpaired) electrons. The van der Waals surface area contributed by atoms with Gasteiger partial charge >= 0.3 is 5.97 Å². The third-order valence-corrected chi connectivity index (χ3v) is 4.55. The average molecular weight is 223 g/mol. The van der Waals surface area contributed by atoms with E-state index in [4.69, 9.17) is 4.74 Å². The van der Waals surface area contributed by atoms with Crippen LogP contribution in [0.5, 0.6) is 0 Å². The molecule has 1 amide bonds. The lowest BCUT2D eigenvalue weighted by atomic mass is 9.79. The standard InChI is InChI=1S/C12H17NO3/c1-12-5-4-10(14)13(12)6-2-3-9-8(12)7-11(15)16-9/h8-9H,2-7H2,1H3. The molecule has 4 heteroatoms. The smallest absolute Gasteiger partial charge is 0.306 e. The monoisotopic (exact) mass is 223 g/mol. The van der Waals surface area contributed by atoms with Gasteiger partial charge < -0.3 is 9.64 Å². The van der Waals surface area contributed by atoms with Crippen molar-refractivity contribution in [2.75, 3.05) is 6.54 Å².